The number of hydrogen-bond donors (Lipinski definition) is 1. The average Bonchev–Trinajstić information content (AvgIpc) is 2.46. The molecule has 94 valence electrons. The van der Waals surface area contributed by atoms with Crippen molar-refractivity contribution in [2.45, 2.75) is 32.2 Å². The molecule has 0 aliphatic heterocycles. The molecule has 0 bridgehead atoms. The summed E-state index contributed by atoms with van der Waals surface area (Å²) in [6, 6.07) is 16.4. The first-order chi connectivity index (χ1) is 8.81. The van der Waals surface area contributed by atoms with Gasteiger partial charge in [0.25, 0.3) is 0 Å². The molecule has 0 fully saturated rings. The van der Waals surface area contributed by atoms with Gasteiger partial charge in [0, 0.05) is 11.6 Å². The highest BCUT2D eigenvalue weighted by atomic mass is 14.8. The number of aromatic nitrogens is 1. The topological polar surface area (TPSA) is 38.9 Å². The van der Waals surface area contributed by atoms with Gasteiger partial charge in [0.1, 0.15) is 0 Å². The van der Waals surface area contributed by atoms with Crippen molar-refractivity contribution in [3.05, 3.63) is 54.2 Å². The zero-order valence-corrected chi connectivity index (χ0v) is 10.8. The van der Waals surface area contributed by atoms with Crippen molar-refractivity contribution >= 4 is 0 Å². The number of rotatable bonds is 5. The maximum Gasteiger partial charge on any atom is 0.0706 e. The first kappa shape index (κ1) is 12.8. The molecule has 1 heterocycles. The summed E-state index contributed by atoms with van der Waals surface area (Å²) in [7, 11) is 0. The lowest BCUT2D eigenvalue weighted by Crippen LogP contribution is -2.12. The molecule has 0 amide bonds. The minimum absolute atomic E-state index is 0.0496. The molecule has 1 aromatic carbocycles. The van der Waals surface area contributed by atoms with E-state index >= 15 is 0 Å². The summed E-state index contributed by atoms with van der Waals surface area (Å²) in [6.45, 7) is 2.18. The maximum atomic E-state index is 6.17. The summed E-state index contributed by atoms with van der Waals surface area (Å²) in [5.41, 5.74) is 9.30. The molecule has 2 nitrogen and oxygen atoms in total. The number of benzene rings is 1. The molecular formula is C16H20N2. The van der Waals surface area contributed by atoms with E-state index in [0.29, 0.717) is 0 Å². The molecule has 1 atom stereocenters. The van der Waals surface area contributed by atoms with Crippen LogP contribution in [-0.2, 0) is 0 Å². The van der Waals surface area contributed by atoms with E-state index in [0.717, 1.165) is 29.8 Å². The van der Waals surface area contributed by atoms with Crippen molar-refractivity contribution in [3.8, 4) is 11.3 Å². The second kappa shape index (κ2) is 6.31. The second-order valence-electron chi connectivity index (χ2n) is 4.56. The minimum Gasteiger partial charge on any atom is -0.323 e. The molecule has 1 unspecified atom stereocenters. The highest BCUT2D eigenvalue weighted by Gasteiger charge is 2.08. The van der Waals surface area contributed by atoms with E-state index in [9.17, 15) is 0 Å². The quantitative estimate of drug-likeness (QED) is 0.859. The van der Waals surface area contributed by atoms with Crippen molar-refractivity contribution < 1.29 is 0 Å². The number of nitrogens with zero attached hydrogens (tertiary/aromatic N) is 1. The third-order valence-corrected chi connectivity index (χ3v) is 3.09. The molecule has 0 radical (unpaired) electrons. The Morgan fingerprint density at radius 3 is 2.56 bits per heavy atom. The lowest BCUT2D eigenvalue weighted by Gasteiger charge is -2.11. The normalized spacial score (nSPS) is 12.3. The Bertz CT molecular complexity index is 479. The highest BCUT2D eigenvalue weighted by Crippen LogP contribution is 2.20. The van der Waals surface area contributed by atoms with E-state index in [2.05, 4.69) is 24.0 Å². The van der Waals surface area contributed by atoms with Gasteiger partial charge in [0.05, 0.1) is 11.4 Å². The smallest absolute Gasteiger partial charge is 0.0706 e. The molecule has 2 rings (SSSR count). The van der Waals surface area contributed by atoms with E-state index in [-0.39, 0.29) is 6.04 Å². The monoisotopic (exact) mass is 240 g/mol. The molecule has 0 spiro atoms. The fourth-order valence-electron chi connectivity index (χ4n) is 2.00. The lowest BCUT2D eigenvalue weighted by molar-refractivity contribution is 0.591. The van der Waals surface area contributed by atoms with Crippen molar-refractivity contribution in [2.75, 3.05) is 0 Å². The Hall–Kier alpha value is -1.67. The van der Waals surface area contributed by atoms with Gasteiger partial charge in [-0.1, -0.05) is 56.2 Å². The van der Waals surface area contributed by atoms with Crippen molar-refractivity contribution in [2.24, 2.45) is 5.73 Å². The van der Waals surface area contributed by atoms with Crippen molar-refractivity contribution in [3.63, 3.8) is 0 Å². The maximum absolute atomic E-state index is 6.17. The van der Waals surface area contributed by atoms with Crippen LogP contribution in [0.3, 0.4) is 0 Å². The molecule has 2 heteroatoms. The Labute approximate surface area is 109 Å². The molecule has 0 aliphatic rings. The van der Waals surface area contributed by atoms with Crippen LogP contribution < -0.4 is 5.73 Å². The largest absolute Gasteiger partial charge is 0.323 e. The summed E-state index contributed by atoms with van der Waals surface area (Å²) < 4.78 is 0. The van der Waals surface area contributed by atoms with E-state index < -0.39 is 0 Å². The van der Waals surface area contributed by atoms with E-state index in [1.165, 1.54) is 6.42 Å². The summed E-state index contributed by atoms with van der Waals surface area (Å²) >= 11 is 0. The molecule has 0 saturated carbocycles. The Morgan fingerprint density at radius 1 is 1.06 bits per heavy atom. The zero-order valence-electron chi connectivity index (χ0n) is 10.8. The van der Waals surface area contributed by atoms with Crippen molar-refractivity contribution in [1.82, 2.24) is 4.98 Å². The third-order valence-electron chi connectivity index (χ3n) is 3.09. The van der Waals surface area contributed by atoms with Gasteiger partial charge >= 0.3 is 0 Å². The molecular weight excluding hydrogens is 220 g/mol. The fraction of sp³-hybridized carbons (Fsp3) is 0.312. The molecule has 0 saturated heterocycles. The first-order valence-corrected chi connectivity index (χ1v) is 6.59. The first-order valence-electron chi connectivity index (χ1n) is 6.59. The van der Waals surface area contributed by atoms with Crippen LogP contribution in [0.15, 0.2) is 48.5 Å². The van der Waals surface area contributed by atoms with Gasteiger partial charge in [-0.25, -0.2) is 0 Å². The molecule has 2 N–H and O–H groups in total. The highest BCUT2D eigenvalue weighted by molar-refractivity contribution is 5.58. The standard InChI is InChI=1S/C16H20N2/c1-2-3-10-14(17)16-12-7-11-15(18-16)13-8-5-4-6-9-13/h4-9,11-12,14H,2-3,10,17H2,1H3. The van der Waals surface area contributed by atoms with Gasteiger partial charge in [-0.3, -0.25) is 4.98 Å². The second-order valence-corrected chi connectivity index (χ2v) is 4.56. The van der Waals surface area contributed by atoms with Gasteiger partial charge in [0.2, 0.25) is 0 Å². The molecule has 18 heavy (non-hydrogen) atoms. The van der Waals surface area contributed by atoms with E-state index in [1.807, 2.05) is 36.4 Å². The van der Waals surface area contributed by atoms with E-state index in [4.69, 9.17) is 5.73 Å². The van der Waals surface area contributed by atoms with Crippen LogP contribution in [-0.4, -0.2) is 4.98 Å². The van der Waals surface area contributed by atoms with Crippen molar-refractivity contribution in [1.29, 1.82) is 0 Å². The number of nitrogens with two attached hydrogens (primary N) is 1. The Balaban J connectivity index is 2.20. The van der Waals surface area contributed by atoms with Crippen LogP contribution in [0.4, 0.5) is 0 Å². The lowest BCUT2D eigenvalue weighted by atomic mass is 10.1. The number of unbranched alkanes of at least 4 members (excludes halogenated alkanes) is 1. The summed E-state index contributed by atoms with van der Waals surface area (Å²) in [4.78, 5) is 4.67. The van der Waals surface area contributed by atoms with E-state index in [1.54, 1.807) is 0 Å². The van der Waals surface area contributed by atoms with Crippen LogP contribution in [0.2, 0.25) is 0 Å². The SMILES string of the molecule is CCCCC(N)c1cccc(-c2ccccc2)n1. The minimum atomic E-state index is 0.0496. The summed E-state index contributed by atoms with van der Waals surface area (Å²) in [5.74, 6) is 0. The Morgan fingerprint density at radius 2 is 1.83 bits per heavy atom. The molecule has 2 aromatic rings. The number of pyridine rings is 1. The van der Waals surface area contributed by atoms with Crippen LogP contribution >= 0.6 is 0 Å². The van der Waals surface area contributed by atoms with Gasteiger partial charge in [-0.05, 0) is 18.6 Å². The van der Waals surface area contributed by atoms with Gasteiger partial charge in [-0.2, -0.15) is 0 Å². The van der Waals surface area contributed by atoms with Gasteiger partial charge < -0.3 is 5.73 Å². The third kappa shape index (κ3) is 3.17. The molecule has 0 aliphatic carbocycles. The average molecular weight is 240 g/mol. The van der Waals surface area contributed by atoms with Crippen LogP contribution in [0.25, 0.3) is 11.3 Å². The van der Waals surface area contributed by atoms with Gasteiger partial charge in [-0.15, -0.1) is 0 Å². The van der Waals surface area contributed by atoms with Crippen LogP contribution in [0.1, 0.15) is 37.9 Å². The predicted octanol–water partition coefficient (Wildman–Crippen LogP) is 3.94. The number of hydrogen-bond acceptors (Lipinski definition) is 2. The van der Waals surface area contributed by atoms with Gasteiger partial charge in [0.15, 0.2) is 0 Å². The van der Waals surface area contributed by atoms with Crippen LogP contribution in [0.5, 0.6) is 0 Å². The summed E-state index contributed by atoms with van der Waals surface area (Å²) in [6.07, 6.45) is 3.33. The Kier molecular flexibility index (Phi) is 4.48. The predicted molar refractivity (Wildman–Crippen MR) is 76.1 cm³/mol. The molecule has 1 aromatic heterocycles. The van der Waals surface area contributed by atoms with Crippen LogP contribution in [0, 0.1) is 0 Å². The fourth-order valence-corrected chi connectivity index (χ4v) is 2.00. The summed E-state index contributed by atoms with van der Waals surface area (Å²) in [5, 5.41) is 0. The zero-order chi connectivity index (χ0) is 12.8.